The summed E-state index contributed by atoms with van der Waals surface area (Å²) in [6, 6.07) is 0. The smallest absolute Gasteiger partial charge is 0.191 e. The van der Waals surface area contributed by atoms with E-state index < -0.39 is 0 Å². The van der Waals surface area contributed by atoms with Crippen molar-refractivity contribution in [2.75, 3.05) is 7.05 Å². The molecule has 2 aromatic rings. The summed E-state index contributed by atoms with van der Waals surface area (Å²) in [5.74, 6) is 0.781. The van der Waals surface area contributed by atoms with Crippen molar-refractivity contribution in [3.05, 3.63) is 31.7 Å². The van der Waals surface area contributed by atoms with Crippen LogP contribution in [0.5, 0.6) is 0 Å². The van der Waals surface area contributed by atoms with E-state index in [9.17, 15) is 0 Å². The molecular formula is C13H19N5S2. The molecule has 0 amide bonds. The minimum atomic E-state index is 0.693. The molecule has 0 aliphatic carbocycles. The van der Waals surface area contributed by atoms with Crippen molar-refractivity contribution in [1.82, 2.24) is 20.6 Å². The third kappa shape index (κ3) is 4.01. The molecule has 0 saturated carbocycles. The zero-order chi connectivity index (χ0) is 14.5. The topological polar surface area (TPSA) is 62.2 Å². The van der Waals surface area contributed by atoms with Crippen LogP contribution in [0.4, 0.5) is 0 Å². The average molecular weight is 309 g/mol. The van der Waals surface area contributed by atoms with Gasteiger partial charge in [-0.25, -0.2) is 9.97 Å². The first-order valence-electron chi connectivity index (χ1n) is 6.37. The fraction of sp³-hybridized carbons (Fsp3) is 0.462. The molecule has 5 nitrogen and oxygen atoms in total. The van der Waals surface area contributed by atoms with E-state index in [1.165, 1.54) is 4.88 Å². The number of nitrogens with one attached hydrogen (secondary N) is 2. The fourth-order valence-corrected chi connectivity index (χ4v) is 3.35. The van der Waals surface area contributed by atoms with E-state index in [-0.39, 0.29) is 0 Å². The van der Waals surface area contributed by atoms with Gasteiger partial charge in [0.1, 0.15) is 5.01 Å². The van der Waals surface area contributed by atoms with Gasteiger partial charge in [0.2, 0.25) is 0 Å². The first kappa shape index (κ1) is 14.9. The van der Waals surface area contributed by atoms with E-state index in [0.29, 0.717) is 6.54 Å². The van der Waals surface area contributed by atoms with Crippen LogP contribution < -0.4 is 10.6 Å². The number of thiazole rings is 2. The van der Waals surface area contributed by atoms with Crippen molar-refractivity contribution in [3.63, 3.8) is 0 Å². The first-order valence-corrected chi connectivity index (χ1v) is 8.06. The van der Waals surface area contributed by atoms with Gasteiger partial charge in [0, 0.05) is 23.0 Å². The molecule has 0 radical (unpaired) electrons. The predicted octanol–water partition coefficient (Wildman–Crippen LogP) is 2.39. The molecule has 20 heavy (non-hydrogen) atoms. The second kappa shape index (κ2) is 6.81. The molecule has 0 aliphatic rings. The summed E-state index contributed by atoms with van der Waals surface area (Å²) in [5, 5.41) is 10.8. The van der Waals surface area contributed by atoms with E-state index in [2.05, 4.69) is 31.0 Å². The van der Waals surface area contributed by atoms with Gasteiger partial charge in [-0.2, -0.15) is 0 Å². The molecule has 7 heteroatoms. The molecule has 2 rings (SSSR count). The van der Waals surface area contributed by atoms with Gasteiger partial charge < -0.3 is 10.6 Å². The number of hydrogen-bond donors (Lipinski definition) is 2. The molecular weight excluding hydrogens is 290 g/mol. The normalized spacial score (nSPS) is 11.7. The Morgan fingerprint density at radius 3 is 2.50 bits per heavy atom. The van der Waals surface area contributed by atoms with Gasteiger partial charge in [-0.05, 0) is 20.8 Å². The van der Waals surface area contributed by atoms with Gasteiger partial charge >= 0.3 is 0 Å². The quantitative estimate of drug-likeness (QED) is 0.672. The summed E-state index contributed by atoms with van der Waals surface area (Å²) in [5.41, 5.74) is 2.15. The van der Waals surface area contributed by atoms with Gasteiger partial charge in [-0.15, -0.1) is 22.7 Å². The van der Waals surface area contributed by atoms with Crippen LogP contribution >= 0.6 is 22.7 Å². The Hall–Kier alpha value is -1.47. The Kier molecular flexibility index (Phi) is 5.08. The highest BCUT2D eigenvalue weighted by Crippen LogP contribution is 2.16. The van der Waals surface area contributed by atoms with E-state index in [1.807, 2.05) is 20.8 Å². The fourth-order valence-electron chi connectivity index (χ4n) is 1.77. The van der Waals surface area contributed by atoms with Gasteiger partial charge in [0.15, 0.2) is 5.96 Å². The Morgan fingerprint density at radius 2 is 1.95 bits per heavy atom. The Bertz CT molecular complexity index is 600. The largest absolute Gasteiger partial charge is 0.351 e. The number of rotatable bonds is 4. The molecule has 0 spiro atoms. The molecule has 0 unspecified atom stereocenters. The lowest BCUT2D eigenvalue weighted by atomic mass is 10.4. The first-order chi connectivity index (χ1) is 9.58. The zero-order valence-corrected chi connectivity index (χ0v) is 13.8. The SMILES string of the molecule is CN=C(NCc1nc(C)cs1)NCc1sc(C)nc1C. The summed E-state index contributed by atoms with van der Waals surface area (Å²) in [6.07, 6.45) is 0. The maximum atomic E-state index is 4.42. The van der Waals surface area contributed by atoms with Crippen LogP contribution in [-0.2, 0) is 13.1 Å². The predicted molar refractivity (Wildman–Crippen MR) is 85.5 cm³/mol. The van der Waals surface area contributed by atoms with Crippen LogP contribution in [0.1, 0.15) is 26.3 Å². The van der Waals surface area contributed by atoms with Crippen LogP contribution in [0.3, 0.4) is 0 Å². The monoisotopic (exact) mass is 309 g/mol. The third-order valence-electron chi connectivity index (χ3n) is 2.71. The van der Waals surface area contributed by atoms with Crippen molar-refractivity contribution in [2.24, 2.45) is 4.99 Å². The molecule has 0 saturated heterocycles. The highest BCUT2D eigenvalue weighted by atomic mass is 32.1. The Labute approximate surface area is 127 Å². The minimum absolute atomic E-state index is 0.693. The van der Waals surface area contributed by atoms with Gasteiger partial charge in [-0.3, -0.25) is 4.99 Å². The van der Waals surface area contributed by atoms with Crippen molar-refractivity contribution in [2.45, 2.75) is 33.9 Å². The maximum Gasteiger partial charge on any atom is 0.191 e. The molecule has 0 fully saturated rings. The van der Waals surface area contributed by atoms with E-state index in [1.54, 1.807) is 29.7 Å². The molecule has 0 aliphatic heterocycles. The van der Waals surface area contributed by atoms with Crippen LogP contribution in [-0.4, -0.2) is 23.0 Å². The second-order valence-electron chi connectivity index (χ2n) is 4.40. The summed E-state index contributed by atoms with van der Waals surface area (Å²) < 4.78 is 0. The van der Waals surface area contributed by atoms with Crippen molar-refractivity contribution in [3.8, 4) is 0 Å². The Balaban J connectivity index is 1.85. The highest BCUT2D eigenvalue weighted by Gasteiger charge is 2.06. The molecule has 0 atom stereocenters. The number of aryl methyl sites for hydroxylation is 3. The van der Waals surface area contributed by atoms with Gasteiger partial charge in [0.25, 0.3) is 0 Å². The average Bonchev–Trinajstić information content (AvgIpc) is 2.96. The van der Waals surface area contributed by atoms with E-state index in [0.717, 1.165) is 33.9 Å². The number of guanidine groups is 1. The summed E-state index contributed by atoms with van der Waals surface area (Å²) in [4.78, 5) is 14.3. The lowest BCUT2D eigenvalue weighted by Gasteiger charge is -2.10. The maximum absolute atomic E-state index is 4.42. The molecule has 2 heterocycles. The second-order valence-corrected chi connectivity index (χ2v) is 6.63. The van der Waals surface area contributed by atoms with Crippen LogP contribution in [0, 0.1) is 20.8 Å². The van der Waals surface area contributed by atoms with Gasteiger partial charge in [-0.1, -0.05) is 0 Å². The lowest BCUT2D eigenvalue weighted by molar-refractivity contribution is 0.806. The van der Waals surface area contributed by atoms with Crippen LogP contribution in [0.2, 0.25) is 0 Å². The number of aliphatic imine (C=N–C) groups is 1. The number of nitrogens with zero attached hydrogens (tertiary/aromatic N) is 3. The van der Waals surface area contributed by atoms with Crippen molar-refractivity contribution >= 4 is 28.6 Å². The molecule has 108 valence electrons. The molecule has 2 N–H and O–H groups in total. The van der Waals surface area contributed by atoms with Crippen LogP contribution in [0.15, 0.2) is 10.4 Å². The summed E-state index contributed by atoms with van der Waals surface area (Å²) in [6.45, 7) is 7.50. The molecule has 2 aromatic heterocycles. The van der Waals surface area contributed by atoms with Crippen molar-refractivity contribution < 1.29 is 0 Å². The number of aromatic nitrogens is 2. The molecule has 0 bridgehead atoms. The summed E-state index contributed by atoms with van der Waals surface area (Å²) >= 11 is 3.38. The van der Waals surface area contributed by atoms with Crippen LogP contribution in [0.25, 0.3) is 0 Å². The van der Waals surface area contributed by atoms with E-state index in [4.69, 9.17) is 0 Å². The third-order valence-corrected chi connectivity index (χ3v) is 4.75. The minimum Gasteiger partial charge on any atom is -0.351 e. The zero-order valence-electron chi connectivity index (χ0n) is 12.1. The Morgan fingerprint density at radius 1 is 1.20 bits per heavy atom. The van der Waals surface area contributed by atoms with Crippen molar-refractivity contribution in [1.29, 1.82) is 0 Å². The lowest BCUT2D eigenvalue weighted by Crippen LogP contribution is -2.36. The standard InChI is InChI=1S/C13H19N5S2/c1-8-7-19-12(17-8)6-16-13(14-4)15-5-11-9(2)18-10(3)20-11/h7H,5-6H2,1-4H3,(H2,14,15,16). The van der Waals surface area contributed by atoms with Gasteiger partial charge in [0.05, 0.1) is 23.8 Å². The highest BCUT2D eigenvalue weighted by molar-refractivity contribution is 7.11. The summed E-state index contributed by atoms with van der Waals surface area (Å²) in [7, 11) is 1.77. The number of hydrogen-bond acceptors (Lipinski definition) is 5. The molecule has 0 aromatic carbocycles. The van der Waals surface area contributed by atoms with E-state index >= 15 is 0 Å².